The largest absolute Gasteiger partial charge is 0.495 e. The quantitative estimate of drug-likeness (QED) is 0.836. The lowest BCUT2D eigenvalue weighted by Crippen LogP contribution is -2.15. The number of ether oxygens (including phenoxy) is 1. The molecule has 0 fully saturated rings. The zero-order chi connectivity index (χ0) is 17.9. The van der Waals surface area contributed by atoms with E-state index < -0.39 is 16.0 Å². The van der Waals surface area contributed by atoms with Crippen molar-refractivity contribution in [3.63, 3.8) is 0 Å². The van der Waals surface area contributed by atoms with Crippen LogP contribution in [-0.2, 0) is 21.2 Å². The Kier molecular flexibility index (Phi) is 5.14. The summed E-state index contributed by atoms with van der Waals surface area (Å²) in [5.41, 5.74) is 2.66. The number of aryl methyl sites for hydroxylation is 2. The molecule has 0 aromatic heterocycles. The van der Waals surface area contributed by atoms with Crippen LogP contribution in [0.3, 0.4) is 0 Å². The molecule has 128 valence electrons. The number of rotatable bonds is 6. The Morgan fingerprint density at radius 3 is 2.46 bits per heavy atom. The molecule has 0 amide bonds. The topological polar surface area (TPSA) is 92.7 Å². The number of nitrogens with one attached hydrogen (secondary N) is 1. The molecule has 0 radical (unpaired) electrons. The molecule has 7 heteroatoms. The van der Waals surface area contributed by atoms with E-state index in [0.717, 1.165) is 11.1 Å². The first kappa shape index (κ1) is 17.8. The molecule has 0 heterocycles. The highest BCUT2D eigenvalue weighted by atomic mass is 32.2. The van der Waals surface area contributed by atoms with Gasteiger partial charge in [0.2, 0.25) is 0 Å². The number of methoxy groups -OCH3 is 1. The number of carboxylic acid groups (broad SMARTS) is 1. The van der Waals surface area contributed by atoms with Gasteiger partial charge in [0.1, 0.15) is 10.6 Å². The molecule has 2 N–H and O–H groups in total. The highest BCUT2D eigenvalue weighted by Gasteiger charge is 2.21. The molecule has 24 heavy (non-hydrogen) atoms. The summed E-state index contributed by atoms with van der Waals surface area (Å²) in [7, 11) is -2.55. The van der Waals surface area contributed by atoms with E-state index in [-0.39, 0.29) is 17.1 Å². The first-order chi connectivity index (χ1) is 11.2. The molecule has 0 aliphatic rings. The van der Waals surface area contributed by atoms with E-state index >= 15 is 0 Å². The van der Waals surface area contributed by atoms with Gasteiger partial charge in [0.25, 0.3) is 10.0 Å². The van der Waals surface area contributed by atoms with Crippen LogP contribution in [0.15, 0.2) is 41.3 Å². The molecule has 0 saturated carbocycles. The zero-order valence-electron chi connectivity index (χ0n) is 13.7. The first-order valence-electron chi connectivity index (χ1n) is 7.21. The third-order valence-corrected chi connectivity index (χ3v) is 4.89. The number of carboxylic acids is 1. The second-order valence-corrected chi connectivity index (χ2v) is 7.13. The van der Waals surface area contributed by atoms with Crippen LogP contribution in [0, 0.1) is 13.8 Å². The van der Waals surface area contributed by atoms with Crippen LogP contribution < -0.4 is 9.46 Å². The number of sulfonamides is 1. The SMILES string of the molecule is COc1ccc(CC(=O)O)cc1S(=O)(=O)Nc1ccc(C)cc1C. The summed E-state index contributed by atoms with van der Waals surface area (Å²) in [5, 5.41) is 8.89. The van der Waals surface area contributed by atoms with Gasteiger partial charge >= 0.3 is 5.97 Å². The predicted molar refractivity (Wildman–Crippen MR) is 91.1 cm³/mol. The molecule has 0 saturated heterocycles. The summed E-state index contributed by atoms with van der Waals surface area (Å²) < 4.78 is 33.1. The van der Waals surface area contributed by atoms with Crippen molar-refractivity contribution in [1.29, 1.82) is 0 Å². The van der Waals surface area contributed by atoms with Crippen molar-refractivity contribution >= 4 is 21.7 Å². The molecular formula is C17H19NO5S. The summed E-state index contributed by atoms with van der Waals surface area (Å²) in [6, 6.07) is 9.67. The Morgan fingerprint density at radius 1 is 1.17 bits per heavy atom. The van der Waals surface area contributed by atoms with E-state index in [1.54, 1.807) is 6.07 Å². The second kappa shape index (κ2) is 6.92. The maximum Gasteiger partial charge on any atom is 0.307 e. The van der Waals surface area contributed by atoms with Gasteiger partial charge in [0.05, 0.1) is 19.2 Å². The lowest BCUT2D eigenvalue weighted by molar-refractivity contribution is -0.136. The van der Waals surface area contributed by atoms with Gasteiger partial charge in [-0.25, -0.2) is 8.42 Å². The number of hydrogen-bond donors (Lipinski definition) is 2. The molecule has 0 aliphatic carbocycles. The molecule has 0 atom stereocenters. The van der Waals surface area contributed by atoms with E-state index in [1.165, 1.54) is 25.3 Å². The van der Waals surface area contributed by atoms with Gasteiger partial charge in [-0.1, -0.05) is 23.8 Å². The van der Waals surface area contributed by atoms with E-state index in [9.17, 15) is 13.2 Å². The number of hydrogen-bond acceptors (Lipinski definition) is 4. The van der Waals surface area contributed by atoms with Crippen LogP contribution >= 0.6 is 0 Å². The van der Waals surface area contributed by atoms with Gasteiger partial charge in [-0.15, -0.1) is 0 Å². The second-order valence-electron chi connectivity index (χ2n) is 5.48. The van der Waals surface area contributed by atoms with Gasteiger partial charge in [0, 0.05) is 0 Å². The van der Waals surface area contributed by atoms with E-state index in [2.05, 4.69) is 4.72 Å². The summed E-state index contributed by atoms with van der Waals surface area (Å²) in [5.74, 6) is -0.882. The third-order valence-electron chi connectivity index (χ3n) is 3.50. The maximum absolute atomic E-state index is 12.7. The number of aliphatic carboxylic acids is 1. The summed E-state index contributed by atoms with van der Waals surface area (Å²) >= 11 is 0. The van der Waals surface area contributed by atoms with Crippen LogP contribution in [0.5, 0.6) is 5.75 Å². The van der Waals surface area contributed by atoms with Crippen molar-refractivity contribution < 1.29 is 23.1 Å². The average molecular weight is 349 g/mol. The molecule has 2 rings (SSSR count). The molecule has 0 spiro atoms. The normalized spacial score (nSPS) is 11.1. The van der Waals surface area contributed by atoms with Crippen molar-refractivity contribution in [2.75, 3.05) is 11.8 Å². The standard InChI is InChI=1S/C17H19NO5S/c1-11-4-6-14(12(2)8-11)18-24(21,22)16-9-13(10-17(19)20)5-7-15(16)23-3/h4-9,18H,10H2,1-3H3,(H,19,20). The minimum Gasteiger partial charge on any atom is -0.495 e. The molecule has 0 unspecified atom stereocenters. The Balaban J connectivity index is 2.45. The van der Waals surface area contributed by atoms with E-state index in [1.807, 2.05) is 26.0 Å². The van der Waals surface area contributed by atoms with Crippen LogP contribution in [0.2, 0.25) is 0 Å². The Bertz CT molecular complexity index is 875. The van der Waals surface area contributed by atoms with Gasteiger partial charge in [-0.05, 0) is 43.2 Å². The van der Waals surface area contributed by atoms with E-state index in [0.29, 0.717) is 11.3 Å². The predicted octanol–water partition coefficient (Wildman–Crippen LogP) is 2.74. The van der Waals surface area contributed by atoms with Crippen molar-refractivity contribution in [3.05, 3.63) is 53.1 Å². The maximum atomic E-state index is 12.7. The Labute approximate surface area is 141 Å². The first-order valence-corrected chi connectivity index (χ1v) is 8.70. The van der Waals surface area contributed by atoms with Gasteiger partial charge in [-0.2, -0.15) is 0 Å². The fourth-order valence-electron chi connectivity index (χ4n) is 2.34. The number of anilines is 1. The molecule has 0 aliphatic heterocycles. The summed E-state index contributed by atoms with van der Waals surface area (Å²) in [6.07, 6.45) is -0.268. The van der Waals surface area contributed by atoms with Crippen LogP contribution in [-0.4, -0.2) is 26.6 Å². The fourth-order valence-corrected chi connectivity index (χ4v) is 3.69. The monoisotopic (exact) mass is 349 g/mol. The molecule has 2 aromatic carbocycles. The number of benzene rings is 2. The molecule has 2 aromatic rings. The minimum absolute atomic E-state index is 0.0938. The molecular weight excluding hydrogens is 330 g/mol. The summed E-state index contributed by atoms with van der Waals surface area (Å²) in [4.78, 5) is 10.8. The average Bonchev–Trinajstić information content (AvgIpc) is 2.49. The third kappa shape index (κ3) is 4.05. The lowest BCUT2D eigenvalue weighted by atomic mass is 10.1. The summed E-state index contributed by atoms with van der Waals surface area (Å²) in [6.45, 7) is 3.73. The van der Waals surface area contributed by atoms with Crippen molar-refractivity contribution in [2.24, 2.45) is 0 Å². The lowest BCUT2D eigenvalue weighted by Gasteiger charge is -2.14. The van der Waals surface area contributed by atoms with Crippen molar-refractivity contribution in [1.82, 2.24) is 0 Å². The Hall–Kier alpha value is -2.54. The fraction of sp³-hybridized carbons (Fsp3) is 0.235. The highest BCUT2D eigenvalue weighted by molar-refractivity contribution is 7.92. The van der Waals surface area contributed by atoms with Crippen LogP contribution in [0.25, 0.3) is 0 Å². The Morgan fingerprint density at radius 2 is 1.88 bits per heavy atom. The van der Waals surface area contributed by atoms with Crippen LogP contribution in [0.4, 0.5) is 5.69 Å². The molecule has 0 bridgehead atoms. The number of carbonyl (C=O) groups is 1. The van der Waals surface area contributed by atoms with Crippen molar-refractivity contribution in [3.8, 4) is 5.75 Å². The van der Waals surface area contributed by atoms with Gasteiger partial charge < -0.3 is 9.84 Å². The van der Waals surface area contributed by atoms with Crippen LogP contribution in [0.1, 0.15) is 16.7 Å². The van der Waals surface area contributed by atoms with Crippen molar-refractivity contribution in [2.45, 2.75) is 25.2 Å². The molecule has 6 nitrogen and oxygen atoms in total. The van der Waals surface area contributed by atoms with Gasteiger partial charge in [-0.3, -0.25) is 9.52 Å². The zero-order valence-corrected chi connectivity index (χ0v) is 14.5. The van der Waals surface area contributed by atoms with Gasteiger partial charge in [0.15, 0.2) is 0 Å². The minimum atomic E-state index is -3.92. The highest BCUT2D eigenvalue weighted by Crippen LogP contribution is 2.28. The smallest absolute Gasteiger partial charge is 0.307 e. The van der Waals surface area contributed by atoms with E-state index in [4.69, 9.17) is 9.84 Å².